The lowest BCUT2D eigenvalue weighted by Crippen LogP contribution is -3.09. The van der Waals surface area contributed by atoms with Gasteiger partial charge in [0, 0.05) is 0 Å². The summed E-state index contributed by atoms with van der Waals surface area (Å²) in [5.74, 6) is 0. The van der Waals surface area contributed by atoms with Gasteiger partial charge in [-0.2, -0.15) is 0 Å². The van der Waals surface area contributed by atoms with Gasteiger partial charge in [0.2, 0.25) is 6.16 Å². The van der Waals surface area contributed by atoms with Crippen molar-refractivity contribution in [2.45, 2.75) is 96.8 Å². The smallest absolute Gasteiger partial charge is 0.249 e. The van der Waals surface area contributed by atoms with Crippen LogP contribution < -0.4 is 10.0 Å². The molecular formula is C20H40N2O3. The maximum absolute atomic E-state index is 8.44. The SMILES string of the molecule is CCCCCCCCCCCCCCCC[NH+]1C=NCC1.O=C([O-])O. The van der Waals surface area contributed by atoms with Gasteiger partial charge < -0.3 is 15.0 Å². The van der Waals surface area contributed by atoms with Crippen LogP contribution in [0.25, 0.3) is 0 Å². The van der Waals surface area contributed by atoms with Crippen LogP contribution in [0.15, 0.2) is 4.99 Å². The van der Waals surface area contributed by atoms with E-state index in [4.69, 9.17) is 15.0 Å². The molecule has 1 heterocycles. The van der Waals surface area contributed by atoms with Crippen molar-refractivity contribution in [1.29, 1.82) is 0 Å². The van der Waals surface area contributed by atoms with Crippen molar-refractivity contribution >= 4 is 12.5 Å². The van der Waals surface area contributed by atoms with E-state index in [0.717, 1.165) is 6.54 Å². The Morgan fingerprint density at radius 1 is 0.920 bits per heavy atom. The molecule has 0 saturated carbocycles. The van der Waals surface area contributed by atoms with Gasteiger partial charge in [0.1, 0.15) is 6.54 Å². The maximum Gasteiger partial charge on any atom is 0.249 e. The topological polar surface area (TPSA) is 77.2 Å². The van der Waals surface area contributed by atoms with Gasteiger partial charge in [-0.25, -0.2) is 4.99 Å². The number of carboxylic acid groups (broad SMARTS) is 2. The van der Waals surface area contributed by atoms with E-state index in [0.29, 0.717) is 0 Å². The molecule has 0 spiro atoms. The molecule has 1 aliphatic rings. The number of unbranched alkanes of at least 4 members (excludes halogenated alkanes) is 13. The van der Waals surface area contributed by atoms with Crippen molar-refractivity contribution in [2.75, 3.05) is 19.6 Å². The number of nitrogens with one attached hydrogen (secondary N) is 1. The molecule has 1 atom stereocenters. The molecule has 1 aliphatic heterocycles. The van der Waals surface area contributed by atoms with Crippen molar-refractivity contribution < 1.29 is 19.9 Å². The lowest BCUT2D eigenvalue weighted by atomic mass is 10.0. The third-order valence-electron chi connectivity index (χ3n) is 4.69. The summed E-state index contributed by atoms with van der Waals surface area (Å²) in [6.45, 7) is 5.88. The summed E-state index contributed by atoms with van der Waals surface area (Å²) < 4.78 is 0. The zero-order valence-corrected chi connectivity index (χ0v) is 16.3. The Morgan fingerprint density at radius 3 is 1.68 bits per heavy atom. The molecule has 148 valence electrons. The van der Waals surface area contributed by atoms with Gasteiger partial charge >= 0.3 is 0 Å². The summed E-state index contributed by atoms with van der Waals surface area (Å²) in [4.78, 5) is 14.3. The minimum absolute atomic E-state index is 1.05. The lowest BCUT2D eigenvalue weighted by Gasteiger charge is -2.07. The second-order valence-corrected chi connectivity index (χ2v) is 7.06. The molecule has 0 fully saturated rings. The van der Waals surface area contributed by atoms with Crippen LogP contribution in [0.1, 0.15) is 96.8 Å². The molecule has 1 rings (SSSR count). The summed E-state index contributed by atoms with van der Waals surface area (Å²) in [6.07, 6.45) is 20.3. The molecule has 5 heteroatoms. The third kappa shape index (κ3) is 20.9. The van der Waals surface area contributed by atoms with Crippen molar-refractivity contribution in [1.82, 2.24) is 0 Å². The monoisotopic (exact) mass is 356 g/mol. The average molecular weight is 357 g/mol. The number of hydrogen-bond donors (Lipinski definition) is 2. The predicted molar refractivity (Wildman–Crippen MR) is 102 cm³/mol. The number of carbonyl (C=O) groups is 1. The average Bonchev–Trinajstić information content (AvgIpc) is 3.08. The largest absolute Gasteiger partial charge is 0.565 e. The fraction of sp³-hybridized carbons (Fsp3) is 0.900. The van der Waals surface area contributed by atoms with Crippen LogP contribution in [0.2, 0.25) is 0 Å². The van der Waals surface area contributed by atoms with Gasteiger partial charge in [-0.05, 0) is 12.8 Å². The predicted octanol–water partition coefficient (Wildman–Crippen LogP) is 3.28. The first-order valence-electron chi connectivity index (χ1n) is 10.4. The van der Waals surface area contributed by atoms with Crippen molar-refractivity contribution in [3.05, 3.63) is 0 Å². The first kappa shape index (κ1) is 23.9. The fourth-order valence-corrected chi connectivity index (χ4v) is 3.20. The lowest BCUT2D eigenvalue weighted by molar-refractivity contribution is -0.791. The van der Waals surface area contributed by atoms with E-state index in [9.17, 15) is 0 Å². The first-order chi connectivity index (χ1) is 12.2. The van der Waals surface area contributed by atoms with Crippen molar-refractivity contribution in [3.8, 4) is 0 Å². The van der Waals surface area contributed by atoms with E-state index in [1.165, 1.54) is 103 Å². The Kier molecular flexibility index (Phi) is 18.4. The van der Waals surface area contributed by atoms with Crippen LogP contribution in [0.4, 0.5) is 4.79 Å². The van der Waals surface area contributed by atoms with Crippen LogP contribution in [0, 0.1) is 0 Å². The summed E-state index contributed by atoms with van der Waals surface area (Å²) in [5.41, 5.74) is 0. The molecule has 0 radical (unpaired) electrons. The summed E-state index contributed by atoms with van der Waals surface area (Å²) in [6, 6.07) is 0. The van der Waals surface area contributed by atoms with Gasteiger partial charge in [0.25, 0.3) is 0 Å². The highest BCUT2D eigenvalue weighted by Gasteiger charge is 2.08. The van der Waals surface area contributed by atoms with Gasteiger partial charge in [0.15, 0.2) is 6.34 Å². The molecule has 0 bridgehead atoms. The molecule has 0 aromatic heterocycles. The molecule has 2 N–H and O–H groups in total. The minimum atomic E-state index is -2.08. The van der Waals surface area contributed by atoms with Crippen LogP contribution in [-0.4, -0.2) is 37.2 Å². The van der Waals surface area contributed by atoms with Gasteiger partial charge in [-0.3, -0.25) is 4.90 Å². The molecule has 0 aliphatic carbocycles. The van der Waals surface area contributed by atoms with Gasteiger partial charge in [0.05, 0.1) is 13.1 Å². The molecule has 0 aromatic carbocycles. The number of nitrogens with zero attached hydrogens (tertiary/aromatic N) is 1. The van der Waals surface area contributed by atoms with E-state index in [-0.39, 0.29) is 0 Å². The second kappa shape index (κ2) is 19.2. The quantitative estimate of drug-likeness (QED) is 0.442. The standard InChI is InChI=1S/C19H38N2.CH2O3/c1-2-3-4-5-6-7-8-9-10-11-12-13-14-15-17-21-18-16-20-19-21;2-1(3)4/h19H,2-18H2,1H3;(H2,2,3,4). The Hall–Kier alpha value is -1.10. The number of hydrogen-bond acceptors (Lipinski definition) is 3. The zero-order valence-electron chi connectivity index (χ0n) is 16.3. The van der Waals surface area contributed by atoms with E-state index >= 15 is 0 Å². The van der Waals surface area contributed by atoms with E-state index in [1.54, 1.807) is 4.90 Å². The zero-order chi connectivity index (χ0) is 18.6. The molecular weight excluding hydrogens is 316 g/mol. The van der Waals surface area contributed by atoms with E-state index in [2.05, 4.69) is 18.3 Å². The van der Waals surface area contributed by atoms with Crippen molar-refractivity contribution in [3.63, 3.8) is 0 Å². The molecule has 0 aromatic rings. The minimum Gasteiger partial charge on any atom is -0.565 e. The van der Waals surface area contributed by atoms with Crippen LogP contribution in [-0.2, 0) is 0 Å². The maximum atomic E-state index is 8.44. The highest BCUT2D eigenvalue weighted by Crippen LogP contribution is 2.12. The fourth-order valence-electron chi connectivity index (χ4n) is 3.20. The number of aliphatic imine (C=N–C) groups is 1. The normalized spacial score (nSPS) is 15.8. The molecule has 5 nitrogen and oxygen atoms in total. The first-order valence-corrected chi connectivity index (χ1v) is 10.4. The Bertz CT molecular complexity index is 318. The van der Waals surface area contributed by atoms with Crippen LogP contribution in [0.5, 0.6) is 0 Å². The molecule has 25 heavy (non-hydrogen) atoms. The second-order valence-electron chi connectivity index (χ2n) is 7.06. The van der Waals surface area contributed by atoms with Crippen LogP contribution in [0.3, 0.4) is 0 Å². The van der Waals surface area contributed by atoms with Crippen LogP contribution >= 0.6 is 0 Å². The van der Waals surface area contributed by atoms with E-state index < -0.39 is 6.16 Å². The summed E-state index contributed by atoms with van der Waals surface area (Å²) in [7, 11) is 0. The summed E-state index contributed by atoms with van der Waals surface area (Å²) >= 11 is 0. The number of rotatable bonds is 15. The Labute approximate surface area is 154 Å². The third-order valence-corrected chi connectivity index (χ3v) is 4.69. The molecule has 1 unspecified atom stereocenters. The highest BCUT2D eigenvalue weighted by atomic mass is 16.6. The molecule has 0 saturated heterocycles. The Morgan fingerprint density at radius 2 is 1.32 bits per heavy atom. The van der Waals surface area contributed by atoms with Gasteiger partial charge in [-0.15, -0.1) is 0 Å². The Balaban J connectivity index is 0.00000129. The van der Waals surface area contributed by atoms with E-state index in [1.807, 2.05) is 0 Å². The number of quaternary nitrogens is 1. The summed E-state index contributed by atoms with van der Waals surface area (Å²) in [5, 5.41) is 15.3. The van der Waals surface area contributed by atoms with Gasteiger partial charge in [-0.1, -0.05) is 84.0 Å². The highest BCUT2D eigenvalue weighted by molar-refractivity contribution is 5.50. The van der Waals surface area contributed by atoms with Crippen molar-refractivity contribution in [2.24, 2.45) is 4.99 Å². The molecule has 0 amide bonds.